The Morgan fingerprint density at radius 2 is 1.69 bits per heavy atom. The lowest BCUT2D eigenvalue weighted by molar-refractivity contribution is -0.144. The average molecular weight is 656 g/mol. The molecule has 1 N–H and O–H groups in total. The number of aromatic nitrogens is 2. The second-order valence-electron chi connectivity index (χ2n) is 11.5. The summed E-state index contributed by atoms with van der Waals surface area (Å²) in [6.07, 6.45) is 3.78. The number of nitrogens with one attached hydrogen (secondary N) is 1. The number of benzene rings is 1. The van der Waals surface area contributed by atoms with Crippen molar-refractivity contribution >= 4 is 40.9 Å². The van der Waals surface area contributed by atoms with E-state index in [4.69, 9.17) is 37.7 Å². The number of ether oxygens (including phenoxy) is 2. The highest BCUT2D eigenvalue weighted by Gasteiger charge is 2.22. The van der Waals surface area contributed by atoms with E-state index in [1.807, 2.05) is 37.3 Å². The molecule has 0 radical (unpaired) electrons. The van der Waals surface area contributed by atoms with Crippen LogP contribution in [0.2, 0.25) is 10.0 Å². The Labute approximate surface area is 274 Å². The molecule has 4 heterocycles. The molecule has 0 aliphatic carbocycles. The quantitative estimate of drug-likeness (QED) is 0.277. The third-order valence-electron chi connectivity index (χ3n) is 8.07. The number of piperazine rings is 1. The molecule has 0 saturated carbocycles. The van der Waals surface area contributed by atoms with Crippen molar-refractivity contribution < 1.29 is 19.1 Å². The lowest BCUT2D eigenvalue weighted by Crippen LogP contribution is -2.48. The maximum atomic E-state index is 11.8. The Kier molecular flexibility index (Phi) is 11.5. The van der Waals surface area contributed by atoms with Crippen LogP contribution in [-0.4, -0.2) is 90.6 Å². The molecule has 1 amide bonds. The molecule has 2 fully saturated rings. The normalized spacial score (nSPS) is 16.4. The predicted octanol–water partition coefficient (Wildman–Crippen LogP) is 5.28. The molecule has 12 heteroatoms. The first-order valence-electron chi connectivity index (χ1n) is 15.4. The van der Waals surface area contributed by atoms with Crippen molar-refractivity contribution in [2.75, 3.05) is 63.9 Å². The fourth-order valence-electron chi connectivity index (χ4n) is 5.71. The van der Waals surface area contributed by atoms with Gasteiger partial charge in [0.2, 0.25) is 11.8 Å². The SMILES string of the molecule is CCOC(=O)CN1CCN(c2ccc(Oc3cc(CN4CCC(CNC(C)=O)CC4)cc(-c4cc(Cl)cc(Cl)c4)n3)cn2)CC1. The van der Waals surface area contributed by atoms with Crippen LogP contribution in [0, 0.1) is 5.92 Å². The Bertz CT molecular complexity index is 1440. The van der Waals surface area contributed by atoms with Crippen LogP contribution in [0.3, 0.4) is 0 Å². The lowest BCUT2D eigenvalue weighted by atomic mass is 9.96. The number of hydrogen-bond acceptors (Lipinski definition) is 9. The van der Waals surface area contributed by atoms with Gasteiger partial charge < -0.3 is 19.7 Å². The molecule has 2 saturated heterocycles. The fraction of sp³-hybridized carbons (Fsp3) is 0.455. The van der Waals surface area contributed by atoms with Crippen molar-refractivity contribution in [1.29, 1.82) is 0 Å². The molecule has 2 aliphatic rings. The van der Waals surface area contributed by atoms with Gasteiger partial charge in [0.05, 0.1) is 25.0 Å². The van der Waals surface area contributed by atoms with Crippen molar-refractivity contribution in [2.45, 2.75) is 33.2 Å². The van der Waals surface area contributed by atoms with Crippen molar-refractivity contribution in [1.82, 2.24) is 25.1 Å². The number of rotatable bonds is 11. The summed E-state index contributed by atoms with van der Waals surface area (Å²) in [5.41, 5.74) is 2.60. The Morgan fingerprint density at radius 1 is 0.956 bits per heavy atom. The standard InChI is InChI=1S/C33H40Cl2N6O4/c1-3-44-33(43)22-40-10-12-41(13-11-40)31-5-4-29(20-37-31)45-32-15-25(14-30(38-32)26-16-27(34)18-28(35)17-26)21-39-8-6-24(7-9-39)19-36-23(2)42/h4-5,14-18,20,24H,3,6-13,19,21-22H2,1-2H3,(H,36,42). The number of nitrogens with zero attached hydrogens (tertiary/aromatic N) is 5. The molecular weight excluding hydrogens is 615 g/mol. The third kappa shape index (κ3) is 9.77. The highest BCUT2D eigenvalue weighted by molar-refractivity contribution is 6.35. The molecule has 0 atom stereocenters. The van der Waals surface area contributed by atoms with Crippen LogP contribution in [0.15, 0.2) is 48.7 Å². The first-order chi connectivity index (χ1) is 21.7. The minimum atomic E-state index is -0.187. The molecule has 0 bridgehead atoms. The van der Waals surface area contributed by atoms with Crippen LogP contribution in [0.4, 0.5) is 5.82 Å². The van der Waals surface area contributed by atoms with Gasteiger partial charge in [-0.1, -0.05) is 23.2 Å². The van der Waals surface area contributed by atoms with Crippen LogP contribution >= 0.6 is 23.2 Å². The van der Waals surface area contributed by atoms with E-state index in [2.05, 4.69) is 31.1 Å². The molecule has 3 aromatic rings. The zero-order chi connectivity index (χ0) is 31.8. The number of anilines is 1. The Balaban J connectivity index is 1.26. The minimum absolute atomic E-state index is 0.0193. The largest absolute Gasteiger partial charge is 0.465 e. The highest BCUT2D eigenvalue weighted by atomic mass is 35.5. The van der Waals surface area contributed by atoms with Gasteiger partial charge in [-0.15, -0.1) is 0 Å². The summed E-state index contributed by atoms with van der Waals surface area (Å²) in [5.74, 6) is 2.23. The number of carbonyl (C=O) groups excluding carboxylic acids is 2. The van der Waals surface area contributed by atoms with E-state index >= 15 is 0 Å². The highest BCUT2D eigenvalue weighted by Crippen LogP contribution is 2.31. The van der Waals surface area contributed by atoms with Gasteiger partial charge in [0.25, 0.3) is 0 Å². The maximum Gasteiger partial charge on any atom is 0.320 e. The maximum absolute atomic E-state index is 11.8. The summed E-state index contributed by atoms with van der Waals surface area (Å²) >= 11 is 12.7. The number of hydrogen-bond donors (Lipinski definition) is 1. The van der Waals surface area contributed by atoms with E-state index in [1.165, 1.54) is 0 Å². The van der Waals surface area contributed by atoms with Crippen LogP contribution in [0.25, 0.3) is 11.3 Å². The molecular formula is C33H40Cl2N6O4. The zero-order valence-corrected chi connectivity index (χ0v) is 27.3. The second-order valence-corrected chi connectivity index (χ2v) is 12.4. The summed E-state index contributed by atoms with van der Waals surface area (Å²) in [6, 6.07) is 13.3. The van der Waals surface area contributed by atoms with Crippen molar-refractivity contribution in [3.05, 3.63) is 64.3 Å². The van der Waals surface area contributed by atoms with E-state index in [0.717, 1.165) is 87.8 Å². The zero-order valence-electron chi connectivity index (χ0n) is 25.8. The molecule has 0 unspecified atom stereocenters. The van der Waals surface area contributed by atoms with E-state index in [9.17, 15) is 9.59 Å². The van der Waals surface area contributed by atoms with Crippen LogP contribution in [0.5, 0.6) is 11.6 Å². The molecule has 240 valence electrons. The molecule has 45 heavy (non-hydrogen) atoms. The van der Waals surface area contributed by atoms with Gasteiger partial charge in [0, 0.05) is 67.9 Å². The summed E-state index contributed by atoms with van der Waals surface area (Å²) in [7, 11) is 0. The summed E-state index contributed by atoms with van der Waals surface area (Å²) < 4.78 is 11.3. The molecule has 10 nitrogen and oxygen atoms in total. The van der Waals surface area contributed by atoms with Gasteiger partial charge in [-0.25, -0.2) is 9.97 Å². The number of likely N-dealkylation sites (tertiary alicyclic amines) is 1. The monoisotopic (exact) mass is 654 g/mol. The van der Waals surface area contributed by atoms with Gasteiger partial charge in [-0.3, -0.25) is 19.4 Å². The second kappa shape index (κ2) is 15.7. The Morgan fingerprint density at radius 3 is 2.33 bits per heavy atom. The van der Waals surface area contributed by atoms with E-state index in [1.54, 1.807) is 19.2 Å². The average Bonchev–Trinajstić information content (AvgIpc) is 3.01. The molecule has 2 aromatic heterocycles. The number of pyridine rings is 2. The van der Waals surface area contributed by atoms with E-state index in [-0.39, 0.29) is 11.9 Å². The van der Waals surface area contributed by atoms with Gasteiger partial charge in [0.1, 0.15) is 11.6 Å². The predicted molar refractivity (Wildman–Crippen MR) is 176 cm³/mol. The van der Waals surface area contributed by atoms with Gasteiger partial charge >= 0.3 is 5.97 Å². The third-order valence-corrected chi connectivity index (χ3v) is 8.51. The van der Waals surface area contributed by atoms with Gasteiger partial charge in [0.15, 0.2) is 0 Å². The smallest absolute Gasteiger partial charge is 0.320 e. The van der Waals surface area contributed by atoms with E-state index in [0.29, 0.717) is 40.7 Å². The number of esters is 1. The summed E-state index contributed by atoms with van der Waals surface area (Å²) in [6.45, 7) is 10.5. The minimum Gasteiger partial charge on any atom is -0.465 e. The van der Waals surface area contributed by atoms with Crippen LogP contribution < -0.4 is 15.0 Å². The number of carbonyl (C=O) groups is 2. The number of amides is 1. The topological polar surface area (TPSA) is 100 Å². The van der Waals surface area contributed by atoms with E-state index < -0.39 is 0 Å². The summed E-state index contributed by atoms with van der Waals surface area (Å²) in [5, 5.41) is 4.02. The first kappa shape index (κ1) is 32.9. The number of piperidine rings is 1. The lowest BCUT2D eigenvalue weighted by Gasteiger charge is -2.34. The van der Waals surface area contributed by atoms with Gasteiger partial charge in [-0.2, -0.15) is 0 Å². The Hall–Kier alpha value is -3.44. The van der Waals surface area contributed by atoms with Crippen molar-refractivity contribution in [2.24, 2.45) is 5.92 Å². The van der Waals surface area contributed by atoms with Crippen LogP contribution in [-0.2, 0) is 20.9 Å². The van der Waals surface area contributed by atoms with Crippen molar-refractivity contribution in [3.63, 3.8) is 0 Å². The summed E-state index contributed by atoms with van der Waals surface area (Å²) in [4.78, 5) is 39.3. The fourth-order valence-corrected chi connectivity index (χ4v) is 6.24. The molecule has 5 rings (SSSR count). The van der Waals surface area contributed by atoms with Crippen LogP contribution in [0.1, 0.15) is 32.3 Å². The van der Waals surface area contributed by atoms with Gasteiger partial charge in [-0.05, 0) is 80.7 Å². The van der Waals surface area contributed by atoms with Crippen molar-refractivity contribution in [3.8, 4) is 22.9 Å². The molecule has 2 aliphatic heterocycles. The number of halogens is 2. The molecule has 0 spiro atoms. The first-order valence-corrected chi connectivity index (χ1v) is 16.2. The molecule has 1 aromatic carbocycles.